The monoisotopic (exact) mass is 333 g/mol. The van der Waals surface area contributed by atoms with Gasteiger partial charge >= 0.3 is 0 Å². The van der Waals surface area contributed by atoms with Gasteiger partial charge in [-0.1, -0.05) is 66.7 Å². The van der Waals surface area contributed by atoms with Crippen LogP contribution in [0, 0.1) is 10.1 Å². The molecule has 3 rings (SSSR count). The van der Waals surface area contributed by atoms with E-state index in [1.807, 2.05) is 0 Å². The fourth-order valence-corrected chi connectivity index (χ4v) is 2.65. The number of aliphatic hydroxyl groups is 1. The molecule has 1 unspecified atom stereocenters. The van der Waals surface area contributed by atoms with E-state index in [4.69, 9.17) is 0 Å². The molecule has 1 N–H and O–H groups in total. The molecule has 0 aliphatic carbocycles. The molecule has 1 atom stereocenters. The molecule has 0 spiro atoms. The zero-order chi connectivity index (χ0) is 17.8. The fourth-order valence-electron chi connectivity index (χ4n) is 2.65. The lowest BCUT2D eigenvalue weighted by Gasteiger charge is -2.12. The van der Waals surface area contributed by atoms with Crippen molar-refractivity contribution in [3.8, 4) is 0 Å². The number of aliphatic hydroxyl groups excluding tert-OH is 1. The van der Waals surface area contributed by atoms with Gasteiger partial charge in [0.2, 0.25) is 0 Å². The number of hydrogen-bond acceptors (Lipinski definition) is 4. The quantitative estimate of drug-likeness (QED) is 0.436. The van der Waals surface area contributed by atoms with Crippen molar-refractivity contribution in [1.82, 2.24) is 0 Å². The zero-order valence-corrected chi connectivity index (χ0v) is 13.2. The van der Waals surface area contributed by atoms with E-state index >= 15 is 0 Å². The summed E-state index contributed by atoms with van der Waals surface area (Å²) >= 11 is 0. The molecule has 0 saturated heterocycles. The van der Waals surface area contributed by atoms with E-state index in [-0.39, 0.29) is 22.6 Å². The first-order chi connectivity index (χ1) is 12.1. The highest BCUT2D eigenvalue weighted by Crippen LogP contribution is 2.31. The van der Waals surface area contributed by atoms with Gasteiger partial charge < -0.3 is 5.11 Å². The van der Waals surface area contributed by atoms with Crippen molar-refractivity contribution in [3.63, 3.8) is 0 Å². The molecule has 0 bridgehead atoms. The minimum Gasteiger partial charge on any atom is -0.383 e. The first-order valence-electron chi connectivity index (χ1n) is 7.69. The van der Waals surface area contributed by atoms with E-state index in [1.54, 1.807) is 60.7 Å². The molecular weight excluding hydrogens is 318 g/mol. The van der Waals surface area contributed by atoms with Crippen molar-refractivity contribution in [1.29, 1.82) is 0 Å². The van der Waals surface area contributed by atoms with Crippen LogP contribution in [0.4, 0.5) is 5.69 Å². The average Bonchev–Trinajstić information content (AvgIpc) is 2.67. The molecule has 0 fully saturated rings. The Hall–Kier alpha value is -3.31. The van der Waals surface area contributed by atoms with Crippen LogP contribution in [-0.4, -0.2) is 15.8 Å². The van der Waals surface area contributed by atoms with Crippen LogP contribution >= 0.6 is 0 Å². The highest BCUT2D eigenvalue weighted by Gasteiger charge is 2.24. The average molecular weight is 333 g/mol. The Morgan fingerprint density at radius 3 is 2.08 bits per heavy atom. The molecule has 5 heteroatoms. The third-order valence-electron chi connectivity index (χ3n) is 3.94. The lowest BCUT2D eigenvalue weighted by Crippen LogP contribution is -2.07. The molecule has 25 heavy (non-hydrogen) atoms. The maximum absolute atomic E-state index is 12.5. The van der Waals surface area contributed by atoms with Gasteiger partial charge in [-0.3, -0.25) is 14.9 Å². The maximum atomic E-state index is 12.5. The Morgan fingerprint density at radius 2 is 1.48 bits per heavy atom. The van der Waals surface area contributed by atoms with Crippen LogP contribution in [-0.2, 0) is 0 Å². The van der Waals surface area contributed by atoms with Gasteiger partial charge in [0.15, 0.2) is 5.78 Å². The topological polar surface area (TPSA) is 80.4 Å². The Labute approximate surface area is 144 Å². The smallest absolute Gasteiger partial charge is 0.276 e. The van der Waals surface area contributed by atoms with Crippen LogP contribution in [0.3, 0.4) is 0 Å². The number of benzene rings is 3. The molecule has 0 saturated carbocycles. The maximum Gasteiger partial charge on any atom is 0.276 e. The van der Waals surface area contributed by atoms with Crippen LogP contribution < -0.4 is 0 Å². The molecule has 0 radical (unpaired) electrons. The van der Waals surface area contributed by atoms with Gasteiger partial charge in [-0.2, -0.15) is 0 Å². The lowest BCUT2D eigenvalue weighted by molar-refractivity contribution is -0.386. The predicted molar refractivity (Wildman–Crippen MR) is 93.5 cm³/mol. The Kier molecular flexibility index (Phi) is 4.68. The number of hydrogen-bond donors (Lipinski definition) is 1. The van der Waals surface area contributed by atoms with Crippen molar-refractivity contribution in [3.05, 3.63) is 111 Å². The number of nitro benzene ring substituents is 1. The second kappa shape index (κ2) is 7.07. The van der Waals surface area contributed by atoms with Crippen LogP contribution in [0.5, 0.6) is 0 Å². The van der Waals surface area contributed by atoms with Crippen LogP contribution in [0.25, 0.3) is 0 Å². The number of nitro groups is 1. The summed E-state index contributed by atoms with van der Waals surface area (Å²) in [5.41, 5.74) is 1.08. The molecule has 124 valence electrons. The summed E-state index contributed by atoms with van der Waals surface area (Å²) in [6.07, 6.45) is -1.14. The summed E-state index contributed by atoms with van der Waals surface area (Å²) in [6.45, 7) is 0. The standard InChI is InChI=1S/C20H15NO4/c22-19(14-7-3-1-4-8-14)16-11-12-17(18(13-16)21(24)25)20(23)15-9-5-2-6-10-15/h1-13,20,23H. The van der Waals surface area contributed by atoms with Gasteiger partial charge in [0.1, 0.15) is 6.10 Å². The third-order valence-corrected chi connectivity index (χ3v) is 3.94. The molecule has 0 aliphatic rings. The first kappa shape index (κ1) is 16.5. The first-order valence-corrected chi connectivity index (χ1v) is 7.69. The predicted octanol–water partition coefficient (Wildman–Crippen LogP) is 3.91. The van der Waals surface area contributed by atoms with Gasteiger partial charge in [0.25, 0.3) is 5.69 Å². The summed E-state index contributed by atoms with van der Waals surface area (Å²) < 4.78 is 0. The van der Waals surface area contributed by atoms with Crippen molar-refractivity contribution in [2.75, 3.05) is 0 Å². The second-order valence-electron chi connectivity index (χ2n) is 5.54. The highest BCUT2D eigenvalue weighted by atomic mass is 16.6. The minimum absolute atomic E-state index is 0.154. The number of carbonyl (C=O) groups is 1. The van der Waals surface area contributed by atoms with Gasteiger partial charge in [-0.05, 0) is 11.6 Å². The normalized spacial score (nSPS) is 11.7. The zero-order valence-electron chi connectivity index (χ0n) is 13.2. The number of carbonyl (C=O) groups excluding carboxylic acids is 1. The molecule has 0 aliphatic heterocycles. The van der Waals surface area contributed by atoms with E-state index < -0.39 is 11.0 Å². The Bertz CT molecular complexity index is 907. The lowest BCUT2D eigenvalue weighted by atomic mass is 9.96. The molecule has 5 nitrogen and oxygen atoms in total. The SMILES string of the molecule is O=C(c1ccccc1)c1ccc(C(O)c2ccccc2)c([N+](=O)[O-])c1. The minimum atomic E-state index is -1.14. The van der Waals surface area contributed by atoms with Crippen LogP contribution in [0.2, 0.25) is 0 Å². The van der Waals surface area contributed by atoms with Gasteiger partial charge in [-0.15, -0.1) is 0 Å². The van der Waals surface area contributed by atoms with E-state index in [0.29, 0.717) is 11.1 Å². The number of rotatable bonds is 5. The van der Waals surface area contributed by atoms with E-state index in [2.05, 4.69) is 0 Å². The summed E-state index contributed by atoms with van der Waals surface area (Å²) in [5.74, 6) is -0.301. The Morgan fingerprint density at radius 1 is 0.880 bits per heavy atom. The summed E-state index contributed by atoms with van der Waals surface area (Å²) in [5, 5.41) is 21.9. The van der Waals surface area contributed by atoms with Crippen molar-refractivity contribution < 1.29 is 14.8 Å². The fraction of sp³-hybridized carbons (Fsp3) is 0.0500. The summed E-state index contributed by atoms with van der Waals surface area (Å²) in [7, 11) is 0. The molecular formula is C20H15NO4. The van der Waals surface area contributed by atoms with E-state index in [1.165, 1.54) is 18.2 Å². The van der Waals surface area contributed by atoms with Crippen molar-refractivity contribution >= 4 is 11.5 Å². The number of nitrogens with zero attached hydrogens (tertiary/aromatic N) is 1. The van der Waals surface area contributed by atoms with Crippen molar-refractivity contribution in [2.24, 2.45) is 0 Å². The van der Waals surface area contributed by atoms with Gasteiger partial charge in [-0.25, -0.2) is 0 Å². The second-order valence-corrected chi connectivity index (χ2v) is 5.54. The summed E-state index contributed by atoms with van der Waals surface area (Å²) in [4.78, 5) is 23.4. The number of ketones is 1. The largest absolute Gasteiger partial charge is 0.383 e. The van der Waals surface area contributed by atoms with E-state index in [0.717, 1.165) is 0 Å². The molecule has 0 aromatic heterocycles. The Balaban J connectivity index is 2.02. The molecule has 3 aromatic carbocycles. The molecule has 0 amide bonds. The van der Waals surface area contributed by atoms with E-state index in [9.17, 15) is 20.0 Å². The third kappa shape index (κ3) is 3.46. The van der Waals surface area contributed by atoms with Crippen LogP contribution in [0.1, 0.15) is 33.2 Å². The molecule has 0 heterocycles. The highest BCUT2D eigenvalue weighted by molar-refractivity contribution is 6.09. The van der Waals surface area contributed by atoms with Gasteiger partial charge in [0, 0.05) is 17.2 Å². The van der Waals surface area contributed by atoms with Crippen LogP contribution in [0.15, 0.2) is 78.9 Å². The van der Waals surface area contributed by atoms with Gasteiger partial charge in [0.05, 0.1) is 10.5 Å². The summed E-state index contributed by atoms with van der Waals surface area (Å²) in [6, 6.07) is 21.4. The molecule has 3 aromatic rings. The van der Waals surface area contributed by atoms with Crippen molar-refractivity contribution in [2.45, 2.75) is 6.10 Å².